The number of hydrogen-bond acceptors (Lipinski definition) is 3. The molecular weight excluding hydrogens is 242 g/mol. The molecule has 0 unspecified atom stereocenters. The van der Waals surface area contributed by atoms with Crippen molar-refractivity contribution in [2.24, 2.45) is 0 Å². The van der Waals surface area contributed by atoms with Gasteiger partial charge in [-0.25, -0.2) is 8.78 Å². The van der Waals surface area contributed by atoms with Gasteiger partial charge >= 0.3 is 0 Å². The van der Waals surface area contributed by atoms with Crippen LogP contribution in [0, 0.1) is 21.7 Å². The summed E-state index contributed by atoms with van der Waals surface area (Å²) in [5, 5.41) is 10.6. The molecule has 0 saturated heterocycles. The monoisotopic (exact) mass is 250 g/mol. The van der Waals surface area contributed by atoms with Gasteiger partial charge < -0.3 is 5.73 Å². The summed E-state index contributed by atoms with van der Waals surface area (Å²) >= 11 is 0. The van der Waals surface area contributed by atoms with E-state index in [-0.39, 0.29) is 11.3 Å². The second-order valence-electron chi connectivity index (χ2n) is 3.65. The Kier molecular flexibility index (Phi) is 2.93. The van der Waals surface area contributed by atoms with E-state index in [0.29, 0.717) is 5.56 Å². The van der Waals surface area contributed by atoms with Crippen molar-refractivity contribution in [3.8, 4) is 11.1 Å². The summed E-state index contributed by atoms with van der Waals surface area (Å²) in [6.07, 6.45) is 0. The van der Waals surface area contributed by atoms with E-state index in [1.807, 2.05) is 0 Å². The fourth-order valence-corrected chi connectivity index (χ4v) is 1.59. The number of anilines is 1. The van der Waals surface area contributed by atoms with Crippen molar-refractivity contribution in [3.05, 3.63) is 58.1 Å². The van der Waals surface area contributed by atoms with Gasteiger partial charge in [0, 0.05) is 5.56 Å². The molecule has 2 N–H and O–H groups in total. The SMILES string of the molecule is Nc1cc(-c2ccc(F)cc2)c(F)cc1[N+](=O)[O-]. The van der Waals surface area contributed by atoms with Crippen molar-refractivity contribution in [2.45, 2.75) is 0 Å². The summed E-state index contributed by atoms with van der Waals surface area (Å²) < 4.78 is 26.5. The van der Waals surface area contributed by atoms with Crippen LogP contribution in [-0.2, 0) is 0 Å². The Morgan fingerprint density at radius 3 is 2.28 bits per heavy atom. The zero-order chi connectivity index (χ0) is 13.3. The highest BCUT2D eigenvalue weighted by molar-refractivity contribution is 5.73. The maximum Gasteiger partial charge on any atom is 0.295 e. The lowest BCUT2D eigenvalue weighted by Crippen LogP contribution is -1.98. The molecule has 0 saturated carbocycles. The first-order valence-corrected chi connectivity index (χ1v) is 4.98. The van der Waals surface area contributed by atoms with Crippen LogP contribution in [0.1, 0.15) is 0 Å². The summed E-state index contributed by atoms with van der Waals surface area (Å²) in [6.45, 7) is 0. The quantitative estimate of drug-likeness (QED) is 0.505. The lowest BCUT2D eigenvalue weighted by molar-refractivity contribution is -0.384. The smallest absolute Gasteiger partial charge is 0.295 e. The molecule has 2 rings (SSSR count). The average molecular weight is 250 g/mol. The number of nitrogens with zero attached hydrogens (tertiary/aromatic N) is 1. The predicted octanol–water partition coefficient (Wildman–Crippen LogP) is 3.12. The van der Waals surface area contributed by atoms with Gasteiger partial charge in [-0.05, 0) is 23.8 Å². The average Bonchev–Trinajstić information content (AvgIpc) is 2.32. The van der Waals surface area contributed by atoms with E-state index in [2.05, 4.69) is 0 Å². The van der Waals surface area contributed by atoms with Crippen LogP contribution >= 0.6 is 0 Å². The Hall–Kier alpha value is -2.50. The Morgan fingerprint density at radius 2 is 1.72 bits per heavy atom. The van der Waals surface area contributed by atoms with E-state index in [4.69, 9.17) is 5.73 Å². The number of nitro groups is 1. The van der Waals surface area contributed by atoms with Gasteiger partial charge in [-0.1, -0.05) is 12.1 Å². The normalized spacial score (nSPS) is 10.3. The molecule has 0 fully saturated rings. The van der Waals surface area contributed by atoms with E-state index in [1.165, 1.54) is 30.3 Å². The molecule has 0 aliphatic rings. The molecule has 18 heavy (non-hydrogen) atoms. The van der Waals surface area contributed by atoms with Crippen LogP contribution < -0.4 is 5.73 Å². The molecule has 2 aromatic carbocycles. The van der Waals surface area contributed by atoms with Gasteiger partial charge in [-0.2, -0.15) is 0 Å². The fraction of sp³-hybridized carbons (Fsp3) is 0. The Balaban J connectivity index is 2.56. The molecule has 2 aromatic rings. The summed E-state index contributed by atoms with van der Waals surface area (Å²) in [4.78, 5) is 9.82. The van der Waals surface area contributed by atoms with Crippen LogP contribution in [0.4, 0.5) is 20.2 Å². The van der Waals surface area contributed by atoms with Crippen LogP contribution in [0.2, 0.25) is 0 Å². The number of hydrogen-bond donors (Lipinski definition) is 1. The first kappa shape index (κ1) is 12.0. The van der Waals surface area contributed by atoms with Crippen LogP contribution in [0.15, 0.2) is 36.4 Å². The molecule has 0 aliphatic heterocycles. The third-order valence-corrected chi connectivity index (χ3v) is 2.47. The third-order valence-electron chi connectivity index (χ3n) is 2.47. The van der Waals surface area contributed by atoms with E-state index >= 15 is 0 Å². The lowest BCUT2D eigenvalue weighted by Gasteiger charge is -2.05. The summed E-state index contributed by atoms with van der Waals surface area (Å²) in [5.41, 5.74) is 5.34. The minimum Gasteiger partial charge on any atom is -0.393 e. The first-order chi connectivity index (χ1) is 8.49. The van der Waals surface area contributed by atoms with Crippen molar-refractivity contribution in [1.82, 2.24) is 0 Å². The minimum absolute atomic E-state index is 0.0955. The highest BCUT2D eigenvalue weighted by atomic mass is 19.1. The topological polar surface area (TPSA) is 69.2 Å². The van der Waals surface area contributed by atoms with Gasteiger partial charge in [0.15, 0.2) is 0 Å². The molecule has 6 heteroatoms. The second-order valence-corrected chi connectivity index (χ2v) is 3.65. The maximum atomic E-state index is 13.7. The fourth-order valence-electron chi connectivity index (χ4n) is 1.59. The lowest BCUT2D eigenvalue weighted by atomic mass is 10.0. The van der Waals surface area contributed by atoms with Crippen molar-refractivity contribution >= 4 is 11.4 Å². The summed E-state index contributed by atoms with van der Waals surface area (Å²) in [6, 6.07) is 7.02. The number of nitrogen functional groups attached to an aromatic ring is 1. The first-order valence-electron chi connectivity index (χ1n) is 4.98. The van der Waals surface area contributed by atoms with E-state index < -0.39 is 22.2 Å². The third kappa shape index (κ3) is 2.13. The highest BCUT2D eigenvalue weighted by Crippen LogP contribution is 2.31. The van der Waals surface area contributed by atoms with Crippen molar-refractivity contribution in [1.29, 1.82) is 0 Å². The predicted molar refractivity (Wildman–Crippen MR) is 62.9 cm³/mol. The molecular formula is C12H8F2N2O2. The van der Waals surface area contributed by atoms with Gasteiger partial charge in [-0.15, -0.1) is 0 Å². The Morgan fingerprint density at radius 1 is 1.11 bits per heavy atom. The number of benzene rings is 2. The molecule has 0 aromatic heterocycles. The number of rotatable bonds is 2. The van der Waals surface area contributed by atoms with Gasteiger partial charge in [0.25, 0.3) is 5.69 Å². The second kappa shape index (κ2) is 4.40. The molecule has 0 spiro atoms. The molecule has 0 atom stereocenters. The summed E-state index contributed by atoms with van der Waals surface area (Å²) in [5.74, 6) is -1.23. The Labute approximate surface area is 101 Å². The van der Waals surface area contributed by atoms with E-state index in [1.54, 1.807) is 0 Å². The van der Waals surface area contributed by atoms with Gasteiger partial charge in [0.05, 0.1) is 11.0 Å². The minimum atomic E-state index is -0.775. The van der Waals surface area contributed by atoms with Crippen molar-refractivity contribution in [2.75, 3.05) is 5.73 Å². The molecule has 0 bridgehead atoms. The van der Waals surface area contributed by atoms with Crippen LogP contribution in [0.5, 0.6) is 0 Å². The van der Waals surface area contributed by atoms with Crippen LogP contribution in [0.25, 0.3) is 11.1 Å². The molecule has 0 aliphatic carbocycles. The van der Waals surface area contributed by atoms with Gasteiger partial charge in [-0.3, -0.25) is 10.1 Å². The zero-order valence-corrected chi connectivity index (χ0v) is 9.06. The van der Waals surface area contributed by atoms with Crippen molar-refractivity contribution in [3.63, 3.8) is 0 Å². The molecule has 0 amide bonds. The van der Waals surface area contributed by atoms with Crippen LogP contribution in [-0.4, -0.2) is 4.92 Å². The number of halogens is 2. The molecule has 0 radical (unpaired) electrons. The van der Waals surface area contributed by atoms with E-state index in [9.17, 15) is 18.9 Å². The highest BCUT2D eigenvalue weighted by Gasteiger charge is 2.17. The van der Waals surface area contributed by atoms with Crippen molar-refractivity contribution < 1.29 is 13.7 Å². The molecule has 0 heterocycles. The van der Waals surface area contributed by atoms with Crippen LogP contribution in [0.3, 0.4) is 0 Å². The standard InChI is InChI=1S/C12H8F2N2O2/c13-8-3-1-7(2-4-8)9-5-11(15)12(16(17)18)6-10(9)14/h1-6H,15H2. The Bertz CT molecular complexity index is 612. The zero-order valence-electron chi connectivity index (χ0n) is 9.06. The number of nitrogens with two attached hydrogens (primary N) is 1. The van der Waals surface area contributed by atoms with Gasteiger partial charge in [0.2, 0.25) is 0 Å². The summed E-state index contributed by atoms with van der Waals surface area (Å²) in [7, 11) is 0. The van der Waals surface area contributed by atoms with Gasteiger partial charge in [0.1, 0.15) is 17.3 Å². The molecule has 4 nitrogen and oxygen atoms in total. The van der Waals surface area contributed by atoms with E-state index in [0.717, 1.165) is 6.07 Å². The largest absolute Gasteiger partial charge is 0.393 e. The number of nitro benzene ring substituents is 1. The maximum absolute atomic E-state index is 13.7. The molecule has 92 valence electrons.